The van der Waals surface area contributed by atoms with Gasteiger partial charge >= 0.3 is 0 Å². The lowest BCUT2D eigenvalue weighted by atomic mass is 10.3. The van der Waals surface area contributed by atoms with Gasteiger partial charge in [-0.05, 0) is 26.5 Å². The number of rotatable bonds is 5. The lowest BCUT2D eigenvalue weighted by Gasteiger charge is -1.98. The minimum atomic E-state index is 1.32. The average Bonchev–Trinajstić information content (AvgIpc) is 2.14. The summed E-state index contributed by atoms with van der Waals surface area (Å²) in [6.45, 7) is 2.25. The Morgan fingerprint density at radius 2 is 1.83 bits per heavy atom. The third-order valence-electron chi connectivity index (χ3n) is 1.81. The van der Waals surface area contributed by atoms with Gasteiger partial charge in [-0.3, -0.25) is 0 Å². The van der Waals surface area contributed by atoms with Crippen molar-refractivity contribution in [2.24, 2.45) is 0 Å². The standard InChI is InChI=1S/C11H16P/c1-2-3-7-10-12-11-8-5-4-6-9-11/h4-6,8-9H,2-3,7,10H2,1H3. The quantitative estimate of drug-likeness (QED) is 0.479. The van der Waals surface area contributed by atoms with E-state index in [0.29, 0.717) is 0 Å². The summed E-state index contributed by atoms with van der Waals surface area (Å²) in [4.78, 5) is 0. The third kappa shape index (κ3) is 3.88. The maximum absolute atomic E-state index is 2.25. The molecule has 1 aromatic rings. The van der Waals surface area contributed by atoms with Crippen molar-refractivity contribution in [2.45, 2.75) is 26.2 Å². The normalized spacial score (nSPS) is 11.1. The molecular weight excluding hydrogens is 163 g/mol. The van der Waals surface area contributed by atoms with Gasteiger partial charge in [0.25, 0.3) is 0 Å². The molecular formula is C11H16P. The molecule has 0 heterocycles. The van der Waals surface area contributed by atoms with Gasteiger partial charge < -0.3 is 0 Å². The molecule has 1 heteroatoms. The second-order valence-electron chi connectivity index (χ2n) is 2.92. The first-order valence-corrected chi connectivity index (χ1v) is 5.74. The average molecular weight is 179 g/mol. The Kier molecular flexibility index (Phi) is 5.03. The molecule has 1 aromatic carbocycles. The third-order valence-corrected chi connectivity index (χ3v) is 3.02. The maximum Gasteiger partial charge on any atom is -0.0193 e. The summed E-state index contributed by atoms with van der Waals surface area (Å²) >= 11 is 0. The summed E-state index contributed by atoms with van der Waals surface area (Å²) in [6.07, 6.45) is 5.38. The molecule has 0 atom stereocenters. The molecule has 0 saturated carbocycles. The smallest absolute Gasteiger partial charge is 0.0193 e. The Bertz CT molecular complexity index is 193. The van der Waals surface area contributed by atoms with Crippen molar-refractivity contribution in [1.82, 2.24) is 0 Å². The largest absolute Gasteiger partial charge is 0.0654 e. The highest BCUT2D eigenvalue weighted by Gasteiger charge is 1.91. The van der Waals surface area contributed by atoms with Crippen LogP contribution in [0.25, 0.3) is 0 Å². The highest BCUT2D eigenvalue weighted by molar-refractivity contribution is 7.47. The molecule has 0 bridgehead atoms. The van der Waals surface area contributed by atoms with Crippen LogP contribution < -0.4 is 5.30 Å². The zero-order valence-corrected chi connectivity index (χ0v) is 8.56. The summed E-state index contributed by atoms with van der Waals surface area (Å²) in [7, 11) is 1.49. The Balaban J connectivity index is 2.16. The summed E-state index contributed by atoms with van der Waals surface area (Å²) < 4.78 is 0. The van der Waals surface area contributed by atoms with Gasteiger partial charge in [0.1, 0.15) is 0 Å². The molecule has 0 amide bonds. The number of unbranched alkanes of at least 4 members (excludes halogenated alkanes) is 2. The number of hydrogen-bond acceptors (Lipinski definition) is 0. The van der Waals surface area contributed by atoms with E-state index in [0.717, 1.165) is 0 Å². The zero-order chi connectivity index (χ0) is 8.65. The monoisotopic (exact) mass is 179 g/mol. The van der Waals surface area contributed by atoms with E-state index in [9.17, 15) is 0 Å². The van der Waals surface area contributed by atoms with Crippen LogP contribution in [-0.2, 0) is 0 Å². The Hall–Kier alpha value is -0.350. The van der Waals surface area contributed by atoms with Crippen LogP contribution in [0, 0.1) is 0 Å². The Morgan fingerprint density at radius 1 is 1.08 bits per heavy atom. The van der Waals surface area contributed by atoms with Crippen molar-refractivity contribution in [1.29, 1.82) is 0 Å². The van der Waals surface area contributed by atoms with Crippen LogP contribution in [0.3, 0.4) is 0 Å². The molecule has 65 valence electrons. The fourth-order valence-electron chi connectivity index (χ4n) is 1.10. The first-order chi connectivity index (χ1) is 5.93. The van der Waals surface area contributed by atoms with E-state index in [1.54, 1.807) is 0 Å². The van der Waals surface area contributed by atoms with Gasteiger partial charge in [-0.1, -0.05) is 50.1 Å². The molecule has 0 aromatic heterocycles. The molecule has 0 nitrogen and oxygen atoms in total. The van der Waals surface area contributed by atoms with E-state index >= 15 is 0 Å². The van der Waals surface area contributed by atoms with Gasteiger partial charge in [-0.2, -0.15) is 0 Å². The molecule has 1 rings (SSSR count). The van der Waals surface area contributed by atoms with Crippen LogP contribution in [0.1, 0.15) is 26.2 Å². The highest BCUT2D eigenvalue weighted by Crippen LogP contribution is 2.12. The van der Waals surface area contributed by atoms with Crippen molar-refractivity contribution >= 4 is 13.9 Å². The van der Waals surface area contributed by atoms with Crippen LogP contribution in [0.2, 0.25) is 0 Å². The van der Waals surface area contributed by atoms with E-state index in [-0.39, 0.29) is 0 Å². The van der Waals surface area contributed by atoms with Gasteiger partial charge in [0, 0.05) is 0 Å². The summed E-state index contributed by atoms with van der Waals surface area (Å²) in [6, 6.07) is 10.7. The van der Waals surface area contributed by atoms with E-state index in [2.05, 4.69) is 37.3 Å². The summed E-state index contributed by atoms with van der Waals surface area (Å²) in [5.74, 6) is 0. The van der Waals surface area contributed by atoms with Crippen molar-refractivity contribution in [2.75, 3.05) is 6.16 Å². The fraction of sp³-hybridized carbons (Fsp3) is 0.455. The Morgan fingerprint density at radius 3 is 2.50 bits per heavy atom. The van der Waals surface area contributed by atoms with Crippen molar-refractivity contribution in [3.8, 4) is 0 Å². The molecule has 0 spiro atoms. The van der Waals surface area contributed by atoms with E-state index in [1.165, 1.54) is 39.3 Å². The second-order valence-corrected chi connectivity index (χ2v) is 4.20. The van der Waals surface area contributed by atoms with Gasteiger partial charge in [0.2, 0.25) is 0 Å². The van der Waals surface area contributed by atoms with Gasteiger partial charge in [0.05, 0.1) is 0 Å². The molecule has 0 aliphatic heterocycles. The van der Waals surface area contributed by atoms with Gasteiger partial charge in [0.15, 0.2) is 0 Å². The minimum absolute atomic E-state index is 1.32. The second kappa shape index (κ2) is 6.20. The molecule has 0 aliphatic carbocycles. The topological polar surface area (TPSA) is 0 Å². The van der Waals surface area contributed by atoms with Crippen LogP contribution in [-0.4, -0.2) is 6.16 Å². The van der Waals surface area contributed by atoms with Crippen LogP contribution in [0.15, 0.2) is 30.3 Å². The SMILES string of the molecule is CCCCC[P]c1ccccc1. The van der Waals surface area contributed by atoms with E-state index in [4.69, 9.17) is 0 Å². The molecule has 0 unspecified atom stereocenters. The predicted octanol–water partition coefficient (Wildman–Crippen LogP) is 3.45. The van der Waals surface area contributed by atoms with Crippen LogP contribution in [0.5, 0.6) is 0 Å². The number of benzene rings is 1. The highest BCUT2D eigenvalue weighted by atomic mass is 31.1. The summed E-state index contributed by atoms with van der Waals surface area (Å²) in [5.41, 5.74) is 0. The summed E-state index contributed by atoms with van der Waals surface area (Å²) in [5, 5.41) is 1.45. The minimum Gasteiger partial charge on any atom is -0.0654 e. The van der Waals surface area contributed by atoms with Crippen molar-refractivity contribution < 1.29 is 0 Å². The van der Waals surface area contributed by atoms with Crippen molar-refractivity contribution in [3.63, 3.8) is 0 Å². The van der Waals surface area contributed by atoms with E-state index in [1.807, 2.05) is 0 Å². The van der Waals surface area contributed by atoms with Crippen LogP contribution >= 0.6 is 8.58 Å². The number of hydrogen-bond donors (Lipinski definition) is 0. The van der Waals surface area contributed by atoms with Gasteiger partial charge in [-0.15, -0.1) is 0 Å². The lowest BCUT2D eigenvalue weighted by Crippen LogP contribution is -1.93. The molecule has 0 N–H and O–H groups in total. The van der Waals surface area contributed by atoms with Gasteiger partial charge in [-0.25, -0.2) is 0 Å². The zero-order valence-electron chi connectivity index (χ0n) is 7.66. The lowest BCUT2D eigenvalue weighted by molar-refractivity contribution is 0.778. The molecule has 0 aliphatic rings. The molecule has 0 saturated heterocycles. The predicted molar refractivity (Wildman–Crippen MR) is 57.4 cm³/mol. The first-order valence-electron chi connectivity index (χ1n) is 4.66. The van der Waals surface area contributed by atoms with Crippen LogP contribution in [0.4, 0.5) is 0 Å². The molecule has 12 heavy (non-hydrogen) atoms. The first kappa shape index (κ1) is 9.74. The fourth-order valence-corrected chi connectivity index (χ4v) is 2.13. The maximum atomic E-state index is 2.25. The van der Waals surface area contributed by atoms with Crippen molar-refractivity contribution in [3.05, 3.63) is 30.3 Å². The molecule has 1 radical (unpaired) electrons. The molecule has 0 fully saturated rings. The van der Waals surface area contributed by atoms with E-state index < -0.39 is 0 Å². The Labute approximate surface area is 77.2 Å².